The maximum absolute atomic E-state index is 12.9. The van der Waals surface area contributed by atoms with E-state index in [-0.39, 0.29) is 30.1 Å². The second-order valence-electron chi connectivity index (χ2n) is 7.74. The first-order valence-corrected chi connectivity index (χ1v) is 10.9. The fourth-order valence-electron chi connectivity index (χ4n) is 3.20. The normalized spacial score (nSPS) is 13.4. The molecule has 5 N–H and O–H groups in total. The van der Waals surface area contributed by atoms with Crippen LogP contribution in [0.2, 0.25) is 0 Å². The first-order valence-electron chi connectivity index (χ1n) is 10.9. The number of hydrogen-bond donors (Lipinski definition) is 4. The highest BCUT2D eigenvalue weighted by Crippen LogP contribution is 2.11. The van der Waals surface area contributed by atoms with Crippen molar-refractivity contribution < 1.29 is 19.5 Å². The van der Waals surface area contributed by atoms with Gasteiger partial charge in [0.25, 0.3) is 0 Å². The van der Waals surface area contributed by atoms with Crippen LogP contribution in [0.5, 0.6) is 0 Å². The number of nitrogens with two attached hydrogens (primary N) is 1. The van der Waals surface area contributed by atoms with Crippen LogP contribution in [0.25, 0.3) is 0 Å². The van der Waals surface area contributed by atoms with Gasteiger partial charge in [-0.1, -0.05) is 57.0 Å². The van der Waals surface area contributed by atoms with Gasteiger partial charge < -0.3 is 21.5 Å². The molecule has 0 aromatic heterocycles. The van der Waals surface area contributed by atoms with Crippen molar-refractivity contribution in [1.29, 1.82) is 0 Å². The number of carbonyl (C=O) groups excluding carboxylic acids is 3. The number of nitrogens with one attached hydrogen (secondary N) is 2. The summed E-state index contributed by atoms with van der Waals surface area (Å²) in [7, 11) is 0. The van der Waals surface area contributed by atoms with Crippen LogP contribution < -0.4 is 16.4 Å². The smallest absolute Gasteiger partial charge is 0.243 e. The Kier molecular flexibility index (Phi) is 15.6. The number of aliphatic hydroxyl groups is 1. The van der Waals surface area contributed by atoms with Crippen LogP contribution in [0, 0.1) is 5.92 Å². The molecule has 1 aromatic carbocycles. The van der Waals surface area contributed by atoms with Gasteiger partial charge in [0.05, 0.1) is 6.04 Å². The molecule has 0 aliphatic heterocycles. The van der Waals surface area contributed by atoms with Crippen LogP contribution in [0.1, 0.15) is 57.9 Å². The molecule has 1 aromatic rings. The zero-order valence-corrected chi connectivity index (χ0v) is 19.5. The van der Waals surface area contributed by atoms with Crippen molar-refractivity contribution in [2.45, 2.75) is 70.9 Å². The van der Waals surface area contributed by atoms with Crippen LogP contribution >= 0.6 is 12.4 Å². The summed E-state index contributed by atoms with van der Waals surface area (Å²) in [6.45, 7) is 3.81. The summed E-state index contributed by atoms with van der Waals surface area (Å²) in [6, 6.07) is 8.14. The van der Waals surface area contributed by atoms with Gasteiger partial charge in [-0.25, -0.2) is 0 Å². The molecule has 2 amide bonds. The molecule has 0 saturated carbocycles. The van der Waals surface area contributed by atoms with Crippen LogP contribution in [0.3, 0.4) is 0 Å². The van der Waals surface area contributed by atoms with E-state index in [1.807, 2.05) is 44.2 Å². The zero-order chi connectivity index (χ0) is 22.4. The van der Waals surface area contributed by atoms with Crippen LogP contribution in [-0.4, -0.2) is 47.9 Å². The number of amides is 2. The van der Waals surface area contributed by atoms with Gasteiger partial charge >= 0.3 is 0 Å². The number of carbonyl (C=O) groups is 3. The molecule has 3 unspecified atom stereocenters. The summed E-state index contributed by atoms with van der Waals surface area (Å²) in [5.41, 5.74) is 6.52. The molecule has 0 saturated heterocycles. The third-order valence-corrected chi connectivity index (χ3v) is 5.35. The van der Waals surface area contributed by atoms with Gasteiger partial charge in [-0.15, -0.1) is 12.4 Å². The summed E-state index contributed by atoms with van der Waals surface area (Å²) in [4.78, 5) is 37.4. The summed E-state index contributed by atoms with van der Waals surface area (Å²) in [5, 5.41) is 14.9. The van der Waals surface area contributed by atoms with Crippen molar-refractivity contribution in [2.75, 3.05) is 13.2 Å². The maximum atomic E-state index is 12.9. The third-order valence-electron chi connectivity index (χ3n) is 5.35. The number of aryl methyl sites for hydroxylation is 1. The van der Waals surface area contributed by atoms with Crippen molar-refractivity contribution in [3.05, 3.63) is 35.9 Å². The fraction of sp³-hybridized carbons (Fsp3) is 0.609. The minimum Gasteiger partial charge on any atom is -0.389 e. The van der Waals surface area contributed by atoms with Gasteiger partial charge in [-0.3, -0.25) is 14.4 Å². The molecule has 0 fully saturated rings. The van der Waals surface area contributed by atoms with Gasteiger partial charge in [0.2, 0.25) is 11.8 Å². The van der Waals surface area contributed by atoms with Gasteiger partial charge in [-0.2, -0.15) is 0 Å². The van der Waals surface area contributed by atoms with E-state index in [1.165, 1.54) is 0 Å². The lowest BCUT2D eigenvalue weighted by atomic mass is 9.96. The van der Waals surface area contributed by atoms with Gasteiger partial charge in [0.15, 0.2) is 5.78 Å². The van der Waals surface area contributed by atoms with Crippen molar-refractivity contribution in [2.24, 2.45) is 11.7 Å². The van der Waals surface area contributed by atoms with Crippen LogP contribution in [-0.2, 0) is 20.8 Å². The zero-order valence-electron chi connectivity index (χ0n) is 18.6. The number of unbranched alkanes of at least 4 members (excludes halogenated alkanes) is 2. The molecule has 7 nitrogen and oxygen atoms in total. The number of aliphatic hydroxyl groups excluding tert-OH is 1. The van der Waals surface area contributed by atoms with Crippen molar-refractivity contribution in [3.8, 4) is 0 Å². The molecule has 176 valence electrons. The van der Waals surface area contributed by atoms with E-state index >= 15 is 0 Å². The molecule has 3 atom stereocenters. The average molecular weight is 456 g/mol. The lowest BCUT2D eigenvalue weighted by molar-refractivity contribution is -0.133. The molecule has 0 aliphatic rings. The van der Waals surface area contributed by atoms with E-state index in [9.17, 15) is 19.5 Å². The van der Waals surface area contributed by atoms with E-state index in [0.29, 0.717) is 32.2 Å². The highest BCUT2D eigenvalue weighted by atomic mass is 35.5. The van der Waals surface area contributed by atoms with E-state index < -0.39 is 24.5 Å². The Morgan fingerprint density at radius 3 is 2.32 bits per heavy atom. The molecule has 0 radical (unpaired) electrons. The number of rotatable bonds is 15. The molecule has 0 heterocycles. The van der Waals surface area contributed by atoms with Crippen LogP contribution in [0.4, 0.5) is 0 Å². The minimum atomic E-state index is -0.796. The van der Waals surface area contributed by atoms with Gasteiger partial charge in [0.1, 0.15) is 12.6 Å². The Labute approximate surface area is 192 Å². The molecular weight excluding hydrogens is 418 g/mol. The Hall–Kier alpha value is -1.96. The monoisotopic (exact) mass is 455 g/mol. The topological polar surface area (TPSA) is 122 Å². The third kappa shape index (κ3) is 11.3. The number of Topliss-reactive ketones (excluding diaryl/α,β-unsaturated/α-hetero) is 1. The van der Waals surface area contributed by atoms with E-state index in [1.54, 1.807) is 0 Å². The Morgan fingerprint density at radius 1 is 1.06 bits per heavy atom. The molecule has 8 heteroatoms. The summed E-state index contributed by atoms with van der Waals surface area (Å²) < 4.78 is 0. The number of hydrogen-bond acceptors (Lipinski definition) is 5. The van der Waals surface area contributed by atoms with E-state index in [0.717, 1.165) is 24.8 Å². The average Bonchev–Trinajstić information content (AvgIpc) is 2.77. The first kappa shape index (κ1) is 29.0. The Balaban J connectivity index is 0.00000900. The second-order valence-corrected chi connectivity index (χ2v) is 7.74. The standard InChI is InChI=1S/C23H37N3O4.ClH/c1-3-17(2)22(26-21(29)12-8-5-9-15-24)23(30)25-19(20(28)16-27)14-13-18-10-6-4-7-11-18;/h4,6-7,10-11,17,19,22,27H,3,5,8-9,12-16,24H2,1-2H3,(H,25,30)(H,26,29);1H. The molecule has 31 heavy (non-hydrogen) atoms. The Bertz CT molecular complexity index is 657. The predicted molar refractivity (Wildman–Crippen MR) is 125 cm³/mol. The van der Waals surface area contributed by atoms with Crippen molar-refractivity contribution in [1.82, 2.24) is 10.6 Å². The lowest BCUT2D eigenvalue weighted by Gasteiger charge is -2.26. The predicted octanol–water partition coefficient (Wildman–Crippen LogP) is 2.14. The summed E-state index contributed by atoms with van der Waals surface area (Å²) in [5.74, 6) is -1.09. The molecule has 0 spiro atoms. The quantitative estimate of drug-likeness (QED) is 0.302. The largest absolute Gasteiger partial charge is 0.389 e. The maximum Gasteiger partial charge on any atom is 0.243 e. The molecule has 1 rings (SSSR count). The van der Waals surface area contributed by atoms with Gasteiger partial charge in [-0.05, 0) is 43.7 Å². The molecular formula is C23H38ClN3O4. The lowest BCUT2D eigenvalue weighted by Crippen LogP contribution is -2.54. The SMILES string of the molecule is CCC(C)C(NC(=O)CCCCCN)C(=O)NC(CCc1ccccc1)C(=O)CO.Cl. The number of ketones is 1. The minimum absolute atomic E-state index is 0. The van der Waals surface area contributed by atoms with Crippen LogP contribution in [0.15, 0.2) is 30.3 Å². The van der Waals surface area contributed by atoms with Crippen molar-refractivity contribution >= 4 is 30.0 Å². The summed E-state index contributed by atoms with van der Waals surface area (Å²) in [6.07, 6.45) is 4.49. The number of halogens is 1. The molecule has 0 bridgehead atoms. The second kappa shape index (κ2) is 16.7. The Morgan fingerprint density at radius 2 is 1.74 bits per heavy atom. The number of benzene rings is 1. The highest BCUT2D eigenvalue weighted by Gasteiger charge is 2.29. The van der Waals surface area contributed by atoms with Gasteiger partial charge in [0, 0.05) is 6.42 Å². The summed E-state index contributed by atoms with van der Waals surface area (Å²) >= 11 is 0. The van der Waals surface area contributed by atoms with E-state index in [4.69, 9.17) is 5.73 Å². The fourth-order valence-corrected chi connectivity index (χ4v) is 3.20. The first-order chi connectivity index (χ1) is 14.4. The highest BCUT2D eigenvalue weighted by molar-refractivity contribution is 5.93. The van der Waals surface area contributed by atoms with Crippen molar-refractivity contribution in [3.63, 3.8) is 0 Å². The van der Waals surface area contributed by atoms with E-state index in [2.05, 4.69) is 10.6 Å². The molecule has 0 aliphatic carbocycles.